The zero-order valence-corrected chi connectivity index (χ0v) is 20.9. The molecule has 5 rings (SSSR count). The Bertz CT molecular complexity index is 1680. The monoisotopic (exact) mass is 498 g/mol. The molecule has 0 unspecified atom stereocenters. The first-order chi connectivity index (χ1) is 17.9. The van der Waals surface area contributed by atoms with Crippen molar-refractivity contribution in [2.75, 3.05) is 7.11 Å². The van der Waals surface area contributed by atoms with Gasteiger partial charge in [0.25, 0.3) is 5.56 Å². The van der Waals surface area contributed by atoms with Crippen LogP contribution in [0.5, 0.6) is 5.75 Å². The third-order valence-electron chi connectivity index (χ3n) is 6.52. The number of fused-ring (bicyclic) bond motifs is 1. The van der Waals surface area contributed by atoms with E-state index in [0.717, 1.165) is 21.4 Å². The number of benzene rings is 3. The predicted molar refractivity (Wildman–Crippen MR) is 141 cm³/mol. The molecular weight excluding hydrogens is 471 g/mol. The van der Waals surface area contributed by atoms with Gasteiger partial charge in [0, 0.05) is 12.1 Å². The maximum absolute atomic E-state index is 14.5. The number of nitrogens with zero attached hydrogens (tertiary/aromatic N) is 4. The van der Waals surface area contributed by atoms with Crippen molar-refractivity contribution in [3.05, 3.63) is 122 Å². The summed E-state index contributed by atoms with van der Waals surface area (Å²) >= 11 is 0. The van der Waals surface area contributed by atoms with E-state index in [0.29, 0.717) is 18.2 Å². The molecule has 0 aliphatic heterocycles. The lowest BCUT2D eigenvalue weighted by atomic mass is 10.0. The van der Waals surface area contributed by atoms with E-state index in [-0.39, 0.29) is 23.3 Å². The molecule has 2 heterocycles. The Hall–Kier alpha value is -4.46. The van der Waals surface area contributed by atoms with Crippen LogP contribution >= 0.6 is 0 Å². The van der Waals surface area contributed by atoms with Crippen LogP contribution < -0.4 is 16.0 Å². The molecule has 3 aromatic carbocycles. The molecule has 0 radical (unpaired) electrons. The van der Waals surface area contributed by atoms with Gasteiger partial charge in [0.05, 0.1) is 25.7 Å². The van der Waals surface area contributed by atoms with Gasteiger partial charge in [-0.25, -0.2) is 18.7 Å². The van der Waals surface area contributed by atoms with Gasteiger partial charge in [0.1, 0.15) is 11.6 Å². The molecule has 5 aromatic rings. The predicted octanol–water partition coefficient (Wildman–Crippen LogP) is 4.72. The summed E-state index contributed by atoms with van der Waals surface area (Å²) in [6.45, 7) is 4.35. The van der Waals surface area contributed by atoms with Crippen molar-refractivity contribution in [3.8, 4) is 11.4 Å². The van der Waals surface area contributed by atoms with Crippen molar-refractivity contribution in [1.82, 2.24) is 18.7 Å². The number of aromatic nitrogens is 4. The first kappa shape index (κ1) is 24.2. The number of methoxy groups -OCH3 is 1. The van der Waals surface area contributed by atoms with Crippen LogP contribution in [0.4, 0.5) is 4.39 Å². The van der Waals surface area contributed by atoms with E-state index in [1.54, 1.807) is 36.2 Å². The molecular formula is C29H27FN4O3. The highest BCUT2D eigenvalue weighted by Gasteiger charge is 2.20. The topological polar surface area (TPSA) is 71.1 Å². The van der Waals surface area contributed by atoms with E-state index < -0.39 is 17.1 Å². The number of hydrogen-bond acceptors (Lipinski definition) is 4. The van der Waals surface area contributed by atoms with Gasteiger partial charge in [0.15, 0.2) is 11.2 Å². The summed E-state index contributed by atoms with van der Waals surface area (Å²) < 4.78 is 24.0. The minimum Gasteiger partial charge on any atom is -0.497 e. The summed E-state index contributed by atoms with van der Waals surface area (Å²) in [6, 6.07) is 21.2. The summed E-state index contributed by atoms with van der Waals surface area (Å²) in [6.07, 6.45) is 1.56. The highest BCUT2D eigenvalue weighted by molar-refractivity contribution is 5.72. The Labute approximate surface area is 213 Å². The van der Waals surface area contributed by atoms with Crippen LogP contribution in [0.3, 0.4) is 0 Å². The van der Waals surface area contributed by atoms with E-state index in [1.807, 2.05) is 48.5 Å². The van der Waals surface area contributed by atoms with Crippen LogP contribution in [0.15, 0.2) is 88.7 Å². The number of imidazole rings is 1. The summed E-state index contributed by atoms with van der Waals surface area (Å²) in [4.78, 5) is 31.9. The highest BCUT2D eigenvalue weighted by atomic mass is 19.1. The maximum Gasteiger partial charge on any atom is 0.337 e. The van der Waals surface area contributed by atoms with E-state index in [1.165, 1.54) is 10.6 Å². The van der Waals surface area contributed by atoms with Crippen LogP contribution in [-0.4, -0.2) is 25.8 Å². The summed E-state index contributed by atoms with van der Waals surface area (Å²) in [5.41, 5.74) is 2.31. The number of rotatable bonds is 7. The zero-order chi connectivity index (χ0) is 26.1. The van der Waals surface area contributed by atoms with E-state index >= 15 is 0 Å². The van der Waals surface area contributed by atoms with Gasteiger partial charge in [-0.05, 0) is 47.4 Å². The molecule has 0 atom stereocenters. The Morgan fingerprint density at radius 3 is 2.27 bits per heavy atom. The first-order valence-corrected chi connectivity index (χ1v) is 12.0. The lowest BCUT2D eigenvalue weighted by molar-refractivity contribution is 0.414. The Kier molecular flexibility index (Phi) is 6.48. The Balaban J connectivity index is 1.71. The normalized spacial score (nSPS) is 11.4. The number of ether oxygens (including phenoxy) is 1. The fourth-order valence-electron chi connectivity index (χ4n) is 4.40. The molecule has 2 aromatic heterocycles. The Morgan fingerprint density at radius 1 is 0.919 bits per heavy atom. The van der Waals surface area contributed by atoms with Gasteiger partial charge in [-0.1, -0.05) is 56.3 Å². The van der Waals surface area contributed by atoms with Gasteiger partial charge in [-0.15, -0.1) is 0 Å². The second-order valence-electron chi connectivity index (χ2n) is 9.24. The summed E-state index contributed by atoms with van der Waals surface area (Å²) in [5, 5.41) is 0. The van der Waals surface area contributed by atoms with Crippen LogP contribution in [0.1, 0.15) is 36.5 Å². The SMILES string of the molecule is COc1ccc(Cn2cnc3c2c(=O)n(Cc2ccccc2F)c(=O)n3-c2ccc(C(C)C)cc2)cc1. The van der Waals surface area contributed by atoms with Crippen LogP contribution in [-0.2, 0) is 13.1 Å². The average molecular weight is 499 g/mol. The number of hydrogen-bond donors (Lipinski definition) is 0. The number of halogens is 1. The second-order valence-corrected chi connectivity index (χ2v) is 9.24. The van der Waals surface area contributed by atoms with Gasteiger partial charge >= 0.3 is 5.69 Å². The highest BCUT2D eigenvalue weighted by Crippen LogP contribution is 2.20. The molecule has 0 aliphatic carbocycles. The van der Waals surface area contributed by atoms with Gasteiger partial charge in [0.2, 0.25) is 0 Å². The quantitative estimate of drug-likeness (QED) is 0.326. The average Bonchev–Trinajstić information content (AvgIpc) is 3.31. The Morgan fingerprint density at radius 2 is 1.62 bits per heavy atom. The summed E-state index contributed by atoms with van der Waals surface area (Å²) in [5.74, 6) is 0.572. The fourth-order valence-corrected chi connectivity index (χ4v) is 4.40. The van der Waals surface area contributed by atoms with E-state index in [9.17, 15) is 14.0 Å². The van der Waals surface area contributed by atoms with Crippen molar-refractivity contribution in [2.24, 2.45) is 0 Å². The third-order valence-corrected chi connectivity index (χ3v) is 6.52. The molecule has 0 bridgehead atoms. The lowest BCUT2D eigenvalue weighted by Gasteiger charge is -2.14. The van der Waals surface area contributed by atoms with E-state index in [4.69, 9.17) is 4.74 Å². The summed E-state index contributed by atoms with van der Waals surface area (Å²) in [7, 11) is 1.60. The smallest absolute Gasteiger partial charge is 0.337 e. The second kappa shape index (κ2) is 9.89. The molecule has 0 amide bonds. The van der Waals surface area contributed by atoms with Crippen LogP contribution in [0.25, 0.3) is 16.9 Å². The third kappa shape index (κ3) is 4.58. The molecule has 37 heavy (non-hydrogen) atoms. The molecule has 0 aliphatic rings. The largest absolute Gasteiger partial charge is 0.497 e. The van der Waals surface area contributed by atoms with Crippen molar-refractivity contribution in [3.63, 3.8) is 0 Å². The molecule has 0 fully saturated rings. The van der Waals surface area contributed by atoms with Crippen molar-refractivity contribution in [1.29, 1.82) is 0 Å². The minimum atomic E-state index is -0.576. The molecule has 0 saturated carbocycles. The first-order valence-electron chi connectivity index (χ1n) is 12.0. The lowest BCUT2D eigenvalue weighted by Crippen LogP contribution is -2.40. The van der Waals surface area contributed by atoms with Gasteiger partial charge in [-0.2, -0.15) is 0 Å². The van der Waals surface area contributed by atoms with Crippen molar-refractivity contribution < 1.29 is 9.13 Å². The molecule has 7 nitrogen and oxygen atoms in total. The van der Waals surface area contributed by atoms with E-state index in [2.05, 4.69) is 18.8 Å². The maximum atomic E-state index is 14.5. The van der Waals surface area contributed by atoms with Gasteiger partial charge < -0.3 is 9.30 Å². The molecule has 8 heteroatoms. The zero-order valence-electron chi connectivity index (χ0n) is 20.9. The van der Waals surface area contributed by atoms with Crippen LogP contribution in [0.2, 0.25) is 0 Å². The molecule has 0 N–H and O–H groups in total. The van der Waals surface area contributed by atoms with Crippen molar-refractivity contribution in [2.45, 2.75) is 32.9 Å². The van der Waals surface area contributed by atoms with Crippen molar-refractivity contribution >= 4 is 11.2 Å². The van der Waals surface area contributed by atoms with Gasteiger partial charge in [-0.3, -0.25) is 9.36 Å². The fraction of sp³-hybridized carbons (Fsp3) is 0.207. The molecule has 188 valence electrons. The molecule has 0 spiro atoms. The minimum absolute atomic E-state index is 0.196. The molecule has 0 saturated heterocycles. The van der Waals surface area contributed by atoms with Crippen LogP contribution in [0, 0.1) is 5.82 Å². The standard InChI is InChI=1S/C29H27FN4O3/c1-19(2)21-10-12-23(13-11-21)34-27-26(32(18-31-27)16-20-8-14-24(37-3)15-9-20)28(35)33(29(34)36)17-22-6-4-5-7-25(22)30/h4-15,18-19H,16-17H2,1-3H3.